The van der Waals surface area contributed by atoms with Crippen molar-refractivity contribution in [2.24, 2.45) is 0 Å². The number of anilines is 1. The number of benzene rings is 1. The predicted octanol–water partition coefficient (Wildman–Crippen LogP) is 2.17. The SMILES string of the molecule is CN(C)c1nc(CNC(=O)NCC(CCO)c2ccccc2)cs1. The largest absolute Gasteiger partial charge is 0.396 e. The Labute approximate surface area is 146 Å². The average molecular weight is 348 g/mol. The third-order valence-corrected chi connectivity index (χ3v) is 4.67. The van der Waals surface area contributed by atoms with Gasteiger partial charge in [-0.2, -0.15) is 0 Å². The van der Waals surface area contributed by atoms with Crippen molar-refractivity contribution in [2.45, 2.75) is 18.9 Å². The van der Waals surface area contributed by atoms with Crippen LogP contribution in [0.4, 0.5) is 9.93 Å². The molecule has 1 aromatic carbocycles. The van der Waals surface area contributed by atoms with E-state index in [9.17, 15) is 9.90 Å². The highest BCUT2D eigenvalue weighted by atomic mass is 32.1. The minimum absolute atomic E-state index is 0.0923. The zero-order chi connectivity index (χ0) is 17.4. The first-order chi connectivity index (χ1) is 11.6. The molecule has 1 atom stereocenters. The molecule has 0 bridgehead atoms. The standard InChI is InChI=1S/C17H24N4O2S/c1-21(2)17-20-15(12-24-17)11-19-16(23)18-10-14(8-9-22)13-6-4-3-5-7-13/h3-7,12,14,22H,8-11H2,1-2H3,(H2,18,19,23). The summed E-state index contributed by atoms with van der Waals surface area (Å²) in [5, 5.41) is 17.8. The lowest BCUT2D eigenvalue weighted by Crippen LogP contribution is -2.37. The molecule has 0 saturated carbocycles. The zero-order valence-corrected chi connectivity index (χ0v) is 14.8. The van der Waals surface area contributed by atoms with E-state index in [-0.39, 0.29) is 18.6 Å². The van der Waals surface area contributed by atoms with Crippen LogP contribution in [-0.2, 0) is 6.54 Å². The third-order valence-electron chi connectivity index (χ3n) is 3.61. The Morgan fingerprint density at radius 1 is 1.29 bits per heavy atom. The molecule has 0 radical (unpaired) electrons. The monoisotopic (exact) mass is 348 g/mol. The van der Waals surface area contributed by atoms with Crippen LogP contribution in [0.15, 0.2) is 35.7 Å². The van der Waals surface area contributed by atoms with Crippen LogP contribution in [-0.4, -0.2) is 43.4 Å². The molecule has 1 unspecified atom stereocenters. The Hall–Kier alpha value is -2.12. The molecule has 130 valence electrons. The number of carbonyl (C=O) groups excluding carboxylic acids is 1. The number of aromatic nitrogens is 1. The van der Waals surface area contributed by atoms with Gasteiger partial charge in [0.15, 0.2) is 5.13 Å². The van der Waals surface area contributed by atoms with E-state index in [2.05, 4.69) is 15.6 Å². The molecule has 0 fully saturated rings. The first-order valence-corrected chi connectivity index (χ1v) is 8.77. The van der Waals surface area contributed by atoms with E-state index in [0.717, 1.165) is 16.4 Å². The summed E-state index contributed by atoms with van der Waals surface area (Å²) in [7, 11) is 3.88. The molecule has 0 aliphatic rings. The number of hydrogen-bond donors (Lipinski definition) is 3. The summed E-state index contributed by atoms with van der Waals surface area (Å²) < 4.78 is 0. The first-order valence-electron chi connectivity index (χ1n) is 7.89. The molecule has 0 aliphatic carbocycles. The Kier molecular flexibility index (Phi) is 7.02. The van der Waals surface area contributed by atoms with Crippen molar-refractivity contribution >= 4 is 22.5 Å². The van der Waals surface area contributed by atoms with Crippen molar-refractivity contribution in [1.82, 2.24) is 15.6 Å². The Bertz CT molecular complexity index is 631. The summed E-state index contributed by atoms with van der Waals surface area (Å²) in [4.78, 5) is 18.3. The molecular weight excluding hydrogens is 324 g/mol. The number of rotatable bonds is 8. The summed E-state index contributed by atoms with van der Waals surface area (Å²) >= 11 is 1.55. The van der Waals surface area contributed by atoms with E-state index in [1.54, 1.807) is 11.3 Å². The van der Waals surface area contributed by atoms with Crippen LogP contribution < -0.4 is 15.5 Å². The van der Waals surface area contributed by atoms with Gasteiger partial charge in [0.05, 0.1) is 12.2 Å². The van der Waals surface area contributed by atoms with Crippen LogP contribution in [0.2, 0.25) is 0 Å². The molecule has 2 amide bonds. The van der Waals surface area contributed by atoms with Gasteiger partial charge in [-0.1, -0.05) is 30.3 Å². The van der Waals surface area contributed by atoms with Crippen LogP contribution >= 0.6 is 11.3 Å². The van der Waals surface area contributed by atoms with Gasteiger partial charge in [0.2, 0.25) is 0 Å². The van der Waals surface area contributed by atoms with Gasteiger partial charge in [0.1, 0.15) is 0 Å². The van der Waals surface area contributed by atoms with Crippen molar-refractivity contribution in [1.29, 1.82) is 0 Å². The quantitative estimate of drug-likeness (QED) is 0.683. The Morgan fingerprint density at radius 3 is 2.67 bits per heavy atom. The van der Waals surface area contributed by atoms with E-state index < -0.39 is 0 Å². The predicted molar refractivity (Wildman–Crippen MR) is 97.6 cm³/mol. The van der Waals surface area contributed by atoms with Gasteiger partial charge in [-0.05, 0) is 12.0 Å². The molecule has 3 N–H and O–H groups in total. The number of carbonyl (C=O) groups is 1. The van der Waals surface area contributed by atoms with Gasteiger partial charge in [-0.15, -0.1) is 11.3 Å². The number of aliphatic hydroxyl groups excluding tert-OH is 1. The van der Waals surface area contributed by atoms with Gasteiger partial charge in [0.25, 0.3) is 0 Å². The van der Waals surface area contributed by atoms with E-state index in [0.29, 0.717) is 19.5 Å². The summed E-state index contributed by atoms with van der Waals surface area (Å²) in [6.07, 6.45) is 0.614. The van der Waals surface area contributed by atoms with E-state index in [1.807, 2.05) is 54.7 Å². The van der Waals surface area contributed by atoms with Crippen molar-refractivity contribution in [3.63, 3.8) is 0 Å². The highest BCUT2D eigenvalue weighted by Crippen LogP contribution is 2.18. The van der Waals surface area contributed by atoms with Gasteiger partial charge in [-0.3, -0.25) is 0 Å². The number of nitrogens with zero attached hydrogens (tertiary/aromatic N) is 2. The van der Waals surface area contributed by atoms with Crippen LogP contribution in [0.1, 0.15) is 23.6 Å². The van der Waals surface area contributed by atoms with Crippen LogP contribution in [0.3, 0.4) is 0 Å². The lowest BCUT2D eigenvalue weighted by Gasteiger charge is -2.17. The number of aliphatic hydroxyl groups is 1. The lowest BCUT2D eigenvalue weighted by atomic mass is 9.96. The van der Waals surface area contributed by atoms with E-state index in [1.165, 1.54) is 0 Å². The van der Waals surface area contributed by atoms with Gasteiger partial charge < -0.3 is 20.6 Å². The minimum Gasteiger partial charge on any atom is -0.396 e. The van der Waals surface area contributed by atoms with Crippen LogP contribution in [0.25, 0.3) is 0 Å². The highest BCUT2D eigenvalue weighted by molar-refractivity contribution is 7.13. The average Bonchev–Trinajstić information content (AvgIpc) is 3.07. The fourth-order valence-corrected chi connectivity index (χ4v) is 3.06. The normalized spacial score (nSPS) is 11.8. The molecule has 6 nitrogen and oxygen atoms in total. The van der Waals surface area contributed by atoms with Crippen molar-refractivity contribution in [3.8, 4) is 0 Å². The molecule has 0 spiro atoms. The van der Waals surface area contributed by atoms with Crippen molar-refractivity contribution in [3.05, 3.63) is 47.0 Å². The molecule has 1 aromatic heterocycles. The number of nitrogens with one attached hydrogen (secondary N) is 2. The van der Waals surface area contributed by atoms with Crippen LogP contribution in [0.5, 0.6) is 0 Å². The number of amides is 2. The zero-order valence-electron chi connectivity index (χ0n) is 14.0. The maximum absolute atomic E-state index is 12.0. The van der Waals surface area contributed by atoms with E-state index >= 15 is 0 Å². The smallest absolute Gasteiger partial charge is 0.315 e. The third kappa shape index (κ3) is 5.50. The van der Waals surface area contributed by atoms with Gasteiger partial charge >= 0.3 is 6.03 Å². The summed E-state index contributed by atoms with van der Waals surface area (Å²) in [6.45, 7) is 0.970. The maximum Gasteiger partial charge on any atom is 0.315 e. The second-order valence-corrected chi connectivity index (χ2v) is 6.54. The number of urea groups is 1. The Balaban J connectivity index is 1.80. The number of hydrogen-bond acceptors (Lipinski definition) is 5. The highest BCUT2D eigenvalue weighted by Gasteiger charge is 2.12. The fourth-order valence-electron chi connectivity index (χ4n) is 2.30. The topological polar surface area (TPSA) is 77.5 Å². The fraction of sp³-hybridized carbons (Fsp3) is 0.412. The lowest BCUT2D eigenvalue weighted by molar-refractivity contribution is 0.237. The van der Waals surface area contributed by atoms with Crippen LogP contribution in [0, 0.1) is 0 Å². The molecule has 0 saturated heterocycles. The molecule has 1 heterocycles. The molecular formula is C17H24N4O2S. The Morgan fingerprint density at radius 2 is 2.04 bits per heavy atom. The molecule has 7 heteroatoms. The summed E-state index contributed by atoms with van der Waals surface area (Å²) in [5.41, 5.74) is 1.95. The van der Waals surface area contributed by atoms with Crippen molar-refractivity contribution < 1.29 is 9.90 Å². The number of thiazole rings is 1. The molecule has 2 rings (SSSR count). The molecule has 0 aliphatic heterocycles. The summed E-state index contributed by atoms with van der Waals surface area (Å²) in [5.74, 6) is 0.0987. The second-order valence-electron chi connectivity index (χ2n) is 5.70. The minimum atomic E-state index is -0.228. The van der Waals surface area contributed by atoms with Gasteiger partial charge in [-0.25, -0.2) is 9.78 Å². The molecule has 24 heavy (non-hydrogen) atoms. The van der Waals surface area contributed by atoms with Crippen molar-refractivity contribution in [2.75, 3.05) is 32.1 Å². The second kappa shape index (κ2) is 9.24. The summed E-state index contributed by atoms with van der Waals surface area (Å²) in [6, 6.07) is 9.67. The molecule has 2 aromatic rings. The first kappa shape index (κ1) is 18.2. The van der Waals surface area contributed by atoms with E-state index in [4.69, 9.17) is 0 Å². The van der Waals surface area contributed by atoms with Gasteiger partial charge in [0, 0.05) is 38.5 Å². The maximum atomic E-state index is 12.0.